The number of aliphatic hydroxyl groups is 1. The van der Waals surface area contributed by atoms with Crippen molar-refractivity contribution >= 4 is 34.2 Å². The molecule has 2 unspecified atom stereocenters. The summed E-state index contributed by atoms with van der Waals surface area (Å²) in [6, 6.07) is 7.85. The number of hydrogen-bond acceptors (Lipinski definition) is 3. The smallest absolute Gasteiger partial charge is 0.169 e. The molecule has 0 aliphatic heterocycles. The Morgan fingerprint density at radius 2 is 1.78 bits per heavy atom. The van der Waals surface area contributed by atoms with E-state index in [2.05, 4.69) is 38.7 Å². The standard InChI is InChI=1S/C31H41ClN2OS/c1-21-10-15-29(35)18-26(21)20-34(19-25-8-6-5-7-9-25)31(33-28-13-11-27(32)12-14-28)36-30-17-23(3)22(2)16-24(30)4/h11-16,18,21,23,25,35H,5-10,17,19-20H2,1-4H3. The fourth-order valence-electron chi connectivity index (χ4n) is 5.33. The number of benzene rings is 1. The fourth-order valence-corrected chi connectivity index (χ4v) is 6.65. The Bertz CT molecular complexity index is 1080. The fraction of sp³-hybridized carbons (Fsp3) is 0.516. The van der Waals surface area contributed by atoms with E-state index in [1.165, 1.54) is 53.7 Å². The lowest BCUT2D eigenvalue weighted by atomic mass is 9.88. The van der Waals surface area contributed by atoms with Crippen molar-refractivity contribution < 1.29 is 5.11 Å². The molecule has 0 bridgehead atoms. The SMILES string of the molecule is CC1=CC(C)=C(SC(=Nc2ccc(Cl)cc2)N(CC2=CC(O)=CCC2C)CC2CCCCC2)CC1C. The van der Waals surface area contributed by atoms with Crippen molar-refractivity contribution in [1.29, 1.82) is 0 Å². The van der Waals surface area contributed by atoms with Crippen molar-refractivity contribution in [3.8, 4) is 0 Å². The molecule has 4 rings (SSSR count). The van der Waals surface area contributed by atoms with Crippen LogP contribution < -0.4 is 0 Å². The van der Waals surface area contributed by atoms with E-state index in [1.54, 1.807) is 0 Å². The Kier molecular flexibility index (Phi) is 9.47. The summed E-state index contributed by atoms with van der Waals surface area (Å²) in [5, 5.41) is 12.1. The third-order valence-electron chi connectivity index (χ3n) is 7.91. The predicted octanol–water partition coefficient (Wildman–Crippen LogP) is 9.61. The summed E-state index contributed by atoms with van der Waals surface area (Å²) < 4.78 is 0. The average molecular weight is 525 g/mol. The molecular weight excluding hydrogens is 484 g/mol. The Morgan fingerprint density at radius 3 is 2.50 bits per heavy atom. The monoisotopic (exact) mass is 524 g/mol. The maximum absolute atomic E-state index is 10.3. The van der Waals surface area contributed by atoms with E-state index in [9.17, 15) is 5.11 Å². The first kappa shape index (κ1) is 27.1. The third kappa shape index (κ3) is 7.32. The molecule has 3 nitrogen and oxygen atoms in total. The van der Waals surface area contributed by atoms with Gasteiger partial charge in [0, 0.05) is 18.1 Å². The predicted molar refractivity (Wildman–Crippen MR) is 157 cm³/mol. The number of thioether (sulfide) groups is 1. The zero-order valence-electron chi connectivity index (χ0n) is 22.3. The van der Waals surface area contributed by atoms with Crippen molar-refractivity contribution in [2.75, 3.05) is 13.1 Å². The van der Waals surface area contributed by atoms with E-state index >= 15 is 0 Å². The second-order valence-corrected chi connectivity index (χ2v) is 12.4. The summed E-state index contributed by atoms with van der Waals surface area (Å²) in [7, 11) is 0. The van der Waals surface area contributed by atoms with Crippen LogP contribution in [-0.4, -0.2) is 28.3 Å². The number of aliphatic imine (C=N–C) groups is 1. The van der Waals surface area contributed by atoms with Crippen molar-refractivity contribution in [2.24, 2.45) is 22.7 Å². The van der Waals surface area contributed by atoms with Gasteiger partial charge >= 0.3 is 0 Å². The van der Waals surface area contributed by atoms with Gasteiger partial charge in [0.15, 0.2) is 5.17 Å². The van der Waals surface area contributed by atoms with Gasteiger partial charge in [-0.3, -0.25) is 0 Å². The number of rotatable bonds is 6. The van der Waals surface area contributed by atoms with Gasteiger partial charge in [0.25, 0.3) is 0 Å². The largest absolute Gasteiger partial charge is 0.508 e. The molecule has 1 fully saturated rings. The first-order valence-electron chi connectivity index (χ1n) is 13.5. The zero-order valence-corrected chi connectivity index (χ0v) is 23.8. The molecule has 1 N–H and O–H groups in total. The summed E-state index contributed by atoms with van der Waals surface area (Å²) >= 11 is 8.03. The van der Waals surface area contributed by atoms with Gasteiger partial charge in [0.2, 0.25) is 0 Å². The molecule has 1 aromatic rings. The first-order chi connectivity index (χ1) is 17.3. The summed E-state index contributed by atoms with van der Waals surface area (Å²) in [6.45, 7) is 10.9. The molecule has 0 amide bonds. The normalized spacial score (nSPS) is 23.8. The zero-order chi connectivity index (χ0) is 25.7. The molecule has 0 saturated heterocycles. The van der Waals surface area contributed by atoms with Crippen LogP contribution in [0.4, 0.5) is 5.69 Å². The van der Waals surface area contributed by atoms with Crippen molar-refractivity contribution in [2.45, 2.75) is 72.6 Å². The highest BCUT2D eigenvalue weighted by Crippen LogP contribution is 2.38. The molecular formula is C31H41ClN2OS. The minimum atomic E-state index is 0.393. The van der Waals surface area contributed by atoms with E-state index < -0.39 is 0 Å². The highest BCUT2D eigenvalue weighted by molar-refractivity contribution is 8.17. The minimum absolute atomic E-state index is 0.393. The highest BCUT2D eigenvalue weighted by atomic mass is 35.5. The Morgan fingerprint density at radius 1 is 1.06 bits per heavy atom. The molecule has 3 aliphatic rings. The van der Waals surface area contributed by atoms with Gasteiger partial charge in [-0.2, -0.15) is 0 Å². The summed E-state index contributed by atoms with van der Waals surface area (Å²) in [5.74, 6) is 2.03. The van der Waals surface area contributed by atoms with Crippen molar-refractivity contribution in [3.05, 3.63) is 74.9 Å². The molecule has 0 radical (unpaired) electrons. The molecule has 2 atom stereocenters. The maximum atomic E-state index is 10.3. The van der Waals surface area contributed by atoms with Gasteiger partial charge in [0.05, 0.1) is 5.69 Å². The van der Waals surface area contributed by atoms with E-state index in [0.29, 0.717) is 23.5 Å². The lowest BCUT2D eigenvalue weighted by Gasteiger charge is -2.35. The van der Waals surface area contributed by atoms with Crippen LogP contribution in [0, 0.1) is 17.8 Å². The summed E-state index contributed by atoms with van der Waals surface area (Å²) in [5.41, 5.74) is 5.02. The molecule has 36 heavy (non-hydrogen) atoms. The molecule has 1 saturated carbocycles. The second-order valence-electron chi connectivity index (χ2n) is 10.9. The van der Waals surface area contributed by atoms with Crippen LogP contribution in [0.1, 0.15) is 72.6 Å². The third-order valence-corrected chi connectivity index (χ3v) is 9.43. The Hall–Kier alpha value is -1.91. The Balaban J connectivity index is 1.72. The van der Waals surface area contributed by atoms with E-state index in [4.69, 9.17) is 16.6 Å². The lowest BCUT2D eigenvalue weighted by molar-refractivity contribution is 0.281. The molecule has 194 valence electrons. The lowest BCUT2D eigenvalue weighted by Crippen LogP contribution is -2.37. The molecule has 5 heteroatoms. The molecule has 1 aromatic carbocycles. The van der Waals surface area contributed by atoms with Crippen LogP contribution in [0.5, 0.6) is 0 Å². The van der Waals surface area contributed by atoms with E-state index in [-0.39, 0.29) is 0 Å². The topological polar surface area (TPSA) is 35.8 Å². The highest BCUT2D eigenvalue weighted by Gasteiger charge is 2.26. The van der Waals surface area contributed by atoms with Gasteiger partial charge in [-0.1, -0.05) is 68.1 Å². The van der Waals surface area contributed by atoms with Gasteiger partial charge in [0.1, 0.15) is 5.76 Å². The van der Waals surface area contributed by atoms with Crippen molar-refractivity contribution in [3.63, 3.8) is 0 Å². The average Bonchev–Trinajstić information content (AvgIpc) is 2.86. The first-order valence-corrected chi connectivity index (χ1v) is 14.7. The minimum Gasteiger partial charge on any atom is -0.508 e. The van der Waals surface area contributed by atoms with E-state index in [0.717, 1.165) is 41.8 Å². The van der Waals surface area contributed by atoms with Gasteiger partial charge in [-0.05, 0) is 110 Å². The van der Waals surface area contributed by atoms with Gasteiger partial charge in [-0.25, -0.2) is 4.99 Å². The molecule has 0 spiro atoms. The number of allylic oxidation sites excluding steroid dienone is 6. The van der Waals surface area contributed by atoms with E-state index in [1.807, 2.05) is 48.2 Å². The van der Waals surface area contributed by atoms with Gasteiger partial charge < -0.3 is 10.0 Å². The second kappa shape index (κ2) is 12.6. The van der Waals surface area contributed by atoms with Crippen LogP contribution in [0.25, 0.3) is 0 Å². The number of hydrogen-bond donors (Lipinski definition) is 1. The molecule has 0 heterocycles. The number of nitrogens with zero attached hydrogens (tertiary/aromatic N) is 2. The van der Waals surface area contributed by atoms with Crippen LogP contribution >= 0.6 is 23.4 Å². The number of halogens is 1. The molecule has 0 aromatic heterocycles. The molecule has 3 aliphatic carbocycles. The maximum Gasteiger partial charge on any atom is 0.169 e. The summed E-state index contributed by atoms with van der Waals surface area (Å²) in [6.07, 6.45) is 14.8. The number of aliphatic hydroxyl groups excluding tert-OH is 1. The number of amidine groups is 1. The summed E-state index contributed by atoms with van der Waals surface area (Å²) in [4.78, 5) is 9.15. The van der Waals surface area contributed by atoms with Crippen LogP contribution in [0.2, 0.25) is 5.02 Å². The van der Waals surface area contributed by atoms with Gasteiger partial charge in [-0.15, -0.1) is 0 Å². The van der Waals surface area contributed by atoms with Crippen LogP contribution in [0.15, 0.2) is 74.9 Å². The Labute approximate surface area is 227 Å². The van der Waals surface area contributed by atoms with Crippen molar-refractivity contribution in [1.82, 2.24) is 4.90 Å². The van der Waals surface area contributed by atoms with Crippen LogP contribution in [0.3, 0.4) is 0 Å². The quantitative estimate of drug-likeness (QED) is 0.297. The van der Waals surface area contributed by atoms with Crippen LogP contribution in [-0.2, 0) is 0 Å².